The Morgan fingerprint density at radius 3 is 2.60 bits per heavy atom. The van der Waals surface area contributed by atoms with Crippen LogP contribution in [0.3, 0.4) is 0 Å². The number of benzene rings is 2. The van der Waals surface area contributed by atoms with Crippen molar-refractivity contribution in [1.82, 2.24) is 4.98 Å². The minimum Gasteiger partial charge on any atom is -0.497 e. The highest BCUT2D eigenvalue weighted by atomic mass is 32.1. The molecule has 25 heavy (non-hydrogen) atoms. The molecule has 1 heterocycles. The number of ether oxygens (including phenoxy) is 2. The highest BCUT2D eigenvalue weighted by Gasteiger charge is 2.20. The van der Waals surface area contributed by atoms with Crippen molar-refractivity contribution in [2.75, 3.05) is 13.7 Å². The largest absolute Gasteiger partial charge is 0.497 e. The number of fused-ring (bicyclic) bond motifs is 1. The minimum atomic E-state index is -0.376. The molecule has 4 nitrogen and oxygen atoms in total. The summed E-state index contributed by atoms with van der Waals surface area (Å²) in [6.45, 7) is 2.33. The quantitative estimate of drug-likeness (QED) is 0.510. The Morgan fingerprint density at radius 2 is 1.92 bits per heavy atom. The topological polar surface area (TPSA) is 51.3 Å². The van der Waals surface area contributed by atoms with Gasteiger partial charge in [0.15, 0.2) is 0 Å². The zero-order chi connectivity index (χ0) is 17.8. The van der Waals surface area contributed by atoms with Crippen molar-refractivity contribution in [3.8, 4) is 16.9 Å². The van der Waals surface area contributed by atoms with Crippen LogP contribution in [0.1, 0.15) is 23.7 Å². The molecule has 3 rings (SSSR count). The number of nitrogens with one attached hydrogen (secondary N) is 1. The van der Waals surface area contributed by atoms with Crippen LogP contribution in [0.25, 0.3) is 22.0 Å². The van der Waals surface area contributed by atoms with E-state index in [0.29, 0.717) is 28.1 Å². The zero-order valence-electron chi connectivity index (χ0n) is 14.2. The predicted molar refractivity (Wildman–Crippen MR) is 102 cm³/mol. The van der Waals surface area contributed by atoms with E-state index in [1.165, 1.54) is 0 Å². The second-order valence-electron chi connectivity index (χ2n) is 5.62. The first-order chi connectivity index (χ1) is 12.2. The number of aromatic nitrogens is 1. The maximum atomic E-state index is 12.8. The molecule has 1 N–H and O–H groups in total. The van der Waals surface area contributed by atoms with Crippen molar-refractivity contribution < 1.29 is 14.3 Å². The monoisotopic (exact) mass is 353 g/mol. The molecule has 0 bridgehead atoms. The van der Waals surface area contributed by atoms with Gasteiger partial charge in [0.1, 0.15) is 10.4 Å². The van der Waals surface area contributed by atoms with Gasteiger partial charge in [0.25, 0.3) is 0 Å². The molecule has 0 fully saturated rings. The summed E-state index contributed by atoms with van der Waals surface area (Å²) in [6.07, 6.45) is 0.757. The Kier molecular flexibility index (Phi) is 5.14. The summed E-state index contributed by atoms with van der Waals surface area (Å²) < 4.78 is 11.3. The third-order valence-corrected chi connectivity index (χ3v) is 4.23. The van der Waals surface area contributed by atoms with Crippen molar-refractivity contribution in [1.29, 1.82) is 0 Å². The molecule has 0 amide bonds. The van der Waals surface area contributed by atoms with Gasteiger partial charge in [-0.1, -0.05) is 49.5 Å². The van der Waals surface area contributed by atoms with Gasteiger partial charge in [-0.05, 0) is 30.2 Å². The van der Waals surface area contributed by atoms with Gasteiger partial charge in [-0.3, -0.25) is 0 Å². The SMILES string of the molecule is CCCOC(=O)c1c(-c2ccccc2)c(=S)[nH]c2ccc(OC)cc12. The van der Waals surface area contributed by atoms with Crippen LogP contribution in [-0.4, -0.2) is 24.7 Å². The second kappa shape index (κ2) is 7.49. The van der Waals surface area contributed by atoms with Crippen LogP contribution in [0, 0.1) is 4.64 Å². The smallest absolute Gasteiger partial charge is 0.339 e. The summed E-state index contributed by atoms with van der Waals surface area (Å²) in [5.74, 6) is 0.292. The lowest BCUT2D eigenvalue weighted by molar-refractivity contribution is 0.0508. The summed E-state index contributed by atoms with van der Waals surface area (Å²) >= 11 is 5.55. The molecule has 0 spiro atoms. The molecular weight excluding hydrogens is 334 g/mol. The molecule has 0 aliphatic carbocycles. The molecule has 0 radical (unpaired) electrons. The zero-order valence-corrected chi connectivity index (χ0v) is 15.0. The number of hydrogen-bond donors (Lipinski definition) is 1. The van der Waals surface area contributed by atoms with Crippen LogP contribution < -0.4 is 4.74 Å². The number of hydrogen-bond acceptors (Lipinski definition) is 4. The normalized spacial score (nSPS) is 10.6. The van der Waals surface area contributed by atoms with Crippen molar-refractivity contribution in [3.05, 3.63) is 58.7 Å². The molecule has 0 unspecified atom stereocenters. The Balaban J connectivity index is 2.34. The average Bonchev–Trinajstić information content (AvgIpc) is 2.65. The van der Waals surface area contributed by atoms with Crippen LogP contribution >= 0.6 is 12.2 Å². The third kappa shape index (κ3) is 3.42. The maximum Gasteiger partial charge on any atom is 0.339 e. The Hall–Kier alpha value is -2.66. The number of aromatic amines is 1. The van der Waals surface area contributed by atoms with E-state index in [1.807, 2.05) is 55.5 Å². The first-order valence-electron chi connectivity index (χ1n) is 8.12. The molecule has 3 aromatic rings. The summed E-state index contributed by atoms with van der Waals surface area (Å²) in [5.41, 5.74) is 2.79. The van der Waals surface area contributed by atoms with Crippen molar-refractivity contribution in [2.24, 2.45) is 0 Å². The predicted octanol–water partition coefficient (Wildman–Crippen LogP) is 5.14. The van der Waals surface area contributed by atoms with E-state index in [9.17, 15) is 4.79 Å². The van der Waals surface area contributed by atoms with Gasteiger partial charge in [-0.25, -0.2) is 4.79 Å². The van der Waals surface area contributed by atoms with E-state index in [0.717, 1.165) is 22.9 Å². The second-order valence-corrected chi connectivity index (χ2v) is 6.03. The number of H-pyrrole nitrogens is 1. The summed E-state index contributed by atoms with van der Waals surface area (Å²) in [4.78, 5) is 16.1. The van der Waals surface area contributed by atoms with E-state index in [-0.39, 0.29) is 5.97 Å². The fourth-order valence-electron chi connectivity index (χ4n) is 2.76. The van der Waals surface area contributed by atoms with Gasteiger partial charge in [0.05, 0.1) is 19.3 Å². The highest BCUT2D eigenvalue weighted by Crippen LogP contribution is 2.32. The molecule has 0 aliphatic heterocycles. The highest BCUT2D eigenvalue weighted by molar-refractivity contribution is 7.71. The molecule has 0 atom stereocenters. The lowest BCUT2D eigenvalue weighted by Crippen LogP contribution is -2.10. The van der Waals surface area contributed by atoms with Gasteiger partial charge < -0.3 is 14.5 Å². The van der Waals surface area contributed by atoms with E-state index < -0.39 is 0 Å². The lowest BCUT2D eigenvalue weighted by Gasteiger charge is -2.14. The van der Waals surface area contributed by atoms with E-state index in [1.54, 1.807) is 7.11 Å². The molecule has 1 aromatic heterocycles. The van der Waals surface area contributed by atoms with Gasteiger partial charge in [-0.2, -0.15) is 0 Å². The molecule has 5 heteroatoms. The number of methoxy groups -OCH3 is 1. The van der Waals surface area contributed by atoms with Crippen molar-refractivity contribution >= 4 is 29.1 Å². The Bertz CT molecular complexity index is 964. The first-order valence-corrected chi connectivity index (χ1v) is 8.53. The van der Waals surface area contributed by atoms with Gasteiger partial charge >= 0.3 is 5.97 Å². The van der Waals surface area contributed by atoms with Gasteiger partial charge in [0.2, 0.25) is 0 Å². The van der Waals surface area contributed by atoms with Crippen LogP contribution in [0.15, 0.2) is 48.5 Å². The first kappa shape index (κ1) is 17.2. The van der Waals surface area contributed by atoms with E-state index >= 15 is 0 Å². The fourth-order valence-corrected chi connectivity index (χ4v) is 3.09. The standard InChI is InChI=1S/C20H19NO3S/c1-3-11-24-20(22)18-15-12-14(23-2)9-10-16(15)21-19(25)17(18)13-7-5-4-6-8-13/h4-10,12H,3,11H2,1-2H3,(H,21,25). The van der Waals surface area contributed by atoms with Crippen LogP contribution in [0.4, 0.5) is 0 Å². The average molecular weight is 353 g/mol. The molecule has 2 aromatic carbocycles. The summed E-state index contributed by atoms with van der Waals surface area (Å²) in [5, 5.41) is 0.730. The number of rotatable bonds is 5. The van der Waals surface area contributed by atoms with Crippen LogP contribution in [-0.2, 0) is 4.74 Å². The Labute approximate surface area is 151 Å². The van der Waals surface area contributed by atoms with Crippen molar-refractivity contribution in [2.45, 2.75) is 13.3 Å². The summed E-state index contributed by atoms with van der Waals surface area (Å²) in [7, 11) is 1.60. The summed E-state index contributed by atoms with van der Waals surface area (Å²) in [6, 6.07) is 15.1. The van der Waals surface area contributed by atoms with E-state index in [2.05, 4.69) is 4.98 Å². The number of carbonyl (C=O) groups excluding carboxylic acids is 1. The molecule has 0 saturated heterocycles. The van der Waals surface area contributed by atoms with Gasteiger partial charge in [0, 0.05) is 16.5 Å². The van der Waals surface area contributed by atoms with E-state index in [4.69, 9.17) is 21.7 Å². The number of esters is 1. The molecule has 0 saturated carbocycles. The van der Waals surface area contributed by atoms with Gasteiger partial charge in [-0.15, -0.1) is 0 Å². The molecule has 0 aliphatic rings. The molecule has 128 valence electrons. The maximum absolute atomic E-state index is 12.8. The fraction of sp³-hybridized carbons (Fsp3) is 0.200. The third-order valence-electron chi connectivity index (χ3n) is 3.93. The van der Waals surface area contributed by atoms with Crippen molar-refractivity contribution in [3.63, 3.8) is 0 Å². The minimum absolute atomic E-state index is 0.365. The number of carbonyl (C=O) groups is 1. The number of pyridine rings is 1. The van der Waals surface area contributed by atoms with Crippen LogP contribution in [0.5, 0.6) is 5.75 Å². The van der Waals surface area contributed by atoms with Crippen LogP contribution in [0.2, 0.25) is 0 Å². The Morgan fingerprint density at radius 1 is 1.16 bits per heavy atom. The lowest BCUT2D eigenvalue weighted by atomic mass is 9.97. The molecular formula is C20H19NO3S.